The van der Waals surface area contributed by atoms with E-state index in [0.717, 1.165) is 31.2 Å². The van der Waals surface area contributed by atoms with Crippen molar-refractivity contribution in [2.75, 3.05) is 0 Å². The summed E-state index contributed by atoms with van der Waals surface area (Å²) in [6.07, 6.45) is 6.05. The van der Waals surface area contributed by atoms with Crippen LogP contribution in [0.3, 0.4) is 0 Å². The van der Waals surface area contributed by atoms with Crippen molar-refractivity contribution in [2.24, 2.45) is 5.92 Å². The molecule has 1 unspecified atom stereocenters. The van der Waals surface area contributed by atoms with E-state index in [4.69, 9.17) is 14.2 Å². The molecular weight excluding hydrogens is 296 g/mol. The number of ether oxygens (including phenoxy) is 3. The monoisotopic (exact) mass is 316 g/mol. The molecule has 2 aliphatic rings. The molecule has 0 spiro atoms. The Hall–Kier alpha value is -2.30. The molecule has 122 valence electrons. The molecule has 0 amide bonds. The van der Waals surface area contributed by atoms with Crippen LogP contribution in [-0.4, -0.2) is 18.2 Å². The van der Waals surface area contributed by atoms with E-state index >= 15 is 0 Å². The van der Waals surface area contributed by atoms with Crippen LogP contribution in [0.1, 0.15) is 37.7 Å². The molecule has 1 fully saturated rings. The maximum Gasteiger partial charge on any atom is 0.351 e. The molecule has 1 atom stereocenters. The third kappa shape index (κ3) is 3.92. The lowest BCUT2D eigenvalue weighted by atomic mass is 9.88. The van der Waals surface area contributed by atoms with E-state index in [1.807, 2.05) is 30.3 Å². The van der Waals surface area contributed by atoms with E-state index in [1.54, 1.807) is 0 Å². The van der Waals surface area contributed by atoms with Crippen LogP contribution >= 0.6 is 0 Å². The Morgan fingerprint density at radius 3 is 2.57 bits per heavy atom. The zero-order valence-corrected chi connectivity index (χ0v) is 12.9. The molecule has 1 aliphatic carbocycles. The van der Waals surface area contributed by atoms with Gasteiger partial charge in [0, 0.05) is 5.92 Å². The average Bonchev–Trinajstić information content (AvgIpc) is 2.61. The average molecular weight is 316 g/mol. The summed E-state index contributed by atoms with van der Waals surface area (Å²) in [6, 6.07) is 9.28. The van der Waals surface area contributed by atoms with E-state index in [0.29, 0.717) is 0 Å². The van der Waals surface area contributed by atoms with Gasteiger partial charge in [0.05, 0.1) is 0 Å². The van der Waals surface area contributed by atoms with Crippen molar-refractivity contribution in [1.82, 2.24) is 0 Å². The summed E-state index contributed by atoms with van der Waals surface area (Å²) in [7, 11) is 0. The summed E-state index contributed by atoms with van der Waals surface area (Å²) < 4.78 is 15.9. The van der Waals surface area contributed by atoms with Crippen molar-refractivity contribution in [3.05, 3.63) is 47.7 Å². The van der Waals surface area contributed by atoms with Gasteiger partial charge in [0.2, 0.25) is 6.29 Å². The van der Waals surface area contributed by atoms with Gasteiger partial charge < -0.3 is 14.2 Å². The third-order valence-electron chi connectivity index (χ3n) is 4.23. The predicted molar refractivity (Wildman–Crippen MR) is 81.9 cm³/mol. The summed E-state index contributed by atoms with van der Waals surface area (Å²) in [4.78, 5) is 24.0. The lowest BCUT2D eigenvalue weighted by Gasteiger charge is -2.31. The fourth-order valence-corrected chi connectivity index (χ4v) is 2.93. The van der Waals surface area contributed by atoms with E-state index in [-0.39, 0.29) is 18.1 Å². The Balaban J connectivity index is 1.56. The van der Waals surface area contributed by atoms with Gasteiger partial charge in [0.25, 0.3) is 0 Å². The second kappa shape index (κ2) is 7.31. The van der Waals surface area contributed by atoms with Crippen molar-refractivity contribution in [1.29, 1.82) is 0 Å². The van der Waals surface area contributed by atoms with E-state index in [9.17, 15) is 9.59 Å². The Morgan fingerprint density at radius 1 is 1.13 bits per heavy atom. The minimum atomic E-state index is -0.721. The normalized spacial score (nSPS) is 21.8. The molecule has 1 aromatic rings. The van der Waals surface area contributed by atoms with Crippen molar-refractivity contribution < 1.29 is 23.8 Å². The number of benzene rings is 1. The molecule has 0 aromatic heterocycles. The van der Waals surface area contributed by atoms with Gasteiger partial charge in [-0.3, -0.25) is 0 Å². The largest absolute Gasteiger partial charge is 0.461 e. The van der Waals surface area contributed by atoms with Crippen LogP contribution in [0.25, 0.3) is 0 Å². The van der Waals surface area contributed by atoms with Gasteiger partial charge in [-0.05, 0) is 18.4 Å². The second-order valence-corrected chi connectivity index (χ2v) is 5.90. The summed E-state index contributed by atoms with van der Waals surface area (Å²) in [5.74, 6) is -1.17. The summed E-state index contributed by atoms with van der Waals surface area (Å²) in [5.41, 5.74) is 0.666. The van der Waals surface area contributed by atoms with Gasteiger partial charge in [-0.1, -0.05) is 49.6 Å². The fraction of sp³-hybridized carbons (Fsp3) is 0.444. The number of cyclic esters (lactones) is 1. The summed E-state index contributed by atoms with van der Waals surface area (Å²) >= 11 is 0. The summed E-state index contributed by atoms with van der Waals surface area (Å²) in [6.45, 7) is 0.107. The maximum atomic E-state index is 12.0. The first-order chi connectivity index (χ1) is 11.2. The van der Waals surface area contributed by atoms with E-state index in [1.165, 1.54) is 12.7 Å². The number of rotatable bonds is 4. The first-order valence-electron chi connectivity index (χ1n) is 8.02. The zero-order valence-electron chi connectivity index (χ0n) is 12.9. The molecule has 0 saturated heterocycles. The van der Waals surface area contributed by atoms with Crippen molar-refractivity contribution >= 4 is 11.9 Å². The highest BCUT2D eigenvalue weighted by molar-refractivity contribution is 6.14. The van der Waals surface area contributed by atoms with Crippen LogP contribution < -0.4 is 0 Å². The molecule has 0 bridgehead atoms. The molecule has 23 heavy (non-hydrogen) atoms. The molecular formula is C18H20O5. The van der Waals surface area contributed by atoms with Crippen molar-refractivity contribution in [3.8, 4) is 0 Å². The van der Waals surface area contributed by atoms with Gasteiger partial charge >= 0.3 is 11.9 Å². The Kier molecular flexibility index (Phi) is 4.95. The summed E-state index contributed by atoms with van der Waals surface area (Å²) in [5, 5.41) is 0. The standard InChI is InChI=1S/C18H20O5/c19-16(21-11-13-7-3-1-4-8-13)15-12-22-18(23-17(15)20)14-9-5-2-6-10-14/h1,3-4,7-8,12,14,18H,2,5-6,9-11H2. The van der Waals surface area contributed by atoms with Crippen LogP contribution in [0.15, 0.2) is 42.2 Å². The number of hydrogen-bond acceptors (Lipinski definition) is 5. The highest BCUT2D eigenvalue weighted by atomic mass is 16.7. The minimum absolute atomic E-state index is 0.107. The lowest BCUT2D eigenvalue weighted by molar-refractivity contribution is -0.185. The van der Waals surface area contributed by atoms with Gasteiger partial charge in [-0.15, -0.1) is 0 Å². The van der Waals surface area contributed by atoms with E-state index in [2.05, 4.69) is 0 Å². The Morgan fingerprint density at radius 2 is 1.87 bits per heavy atom. The minimum Gasteiger partial charge on any atom is -0.461 e. The van der Waals surface area contributed by atoms with Crippen molar-refractivity contribution in [2.45, 2.75) is 45.0 Å². The van der Waals surface area contributed by atoms with Gasteiger partial charge in [0.15, 0.2) is 5.57 Å². The number of esters is 2. The third-order valence-corrected chi connectivity index (χ3v) is 4.23. The first-order valence-corrected chi connectivity index (χ1v) is 8.02. The first kappa shape index (κ1) is 15.6. The topological polar surface area (TPSA) is 61.8 Å². The highest BCUT2D eigenvalue weighted by Gasteiger charge is 2.35. The number of carbonyl (C=O) groups excluding carboxylic acids is 2. The molecule has 0 radical (unpaired) electrons. The smallest absolute Gasteiger partial charge is 0.351 e. The molecule has 3 rings (SSSR count). The van der Waals surface area contributed by atoms with Gasteiger partial charge in [0.1, 0.15) is 12.9 Å². The Bertz CT molecular complexity index is 587. The molecule has 1 aromatic carbocycles. The van der Waals surface area contributed by atoms with Crippen LogP contribution in [0.4, 0.5) is 0 Å². The SMILES string of the molecule is O=C(OCc1ccccc1)C1=COC(C2CCCCC2)OC1=O. The van der Waals surface area contributed by atoms with E-state index < -0.39 is 18.2 Å². The van der Waals surface area contributed by atoms with Crippen LogP contribution in [0.5, 0.6) is 0 Å². The predicted octanol–water partition coefficient (Wildman–Crippen LogP) is 3.09. The van der Waals surface area contributed by atoms with Crippen molar-refractivity contribution in [3.63, 3.8) is 0 Å². The molecule has 0 N–H and O–H groups in total. The number of carbonyl (C=O) groups is 2. The molecule has 1 aliphatic heterocycles. The molecule has 5 heteroatoms. The van der Waals surface area contributed by atoms with Crippen LogP contribution in [0.2, 0.25) is 0 Å². The van der Waals surface area contributed by atoms with Gasteiger partial charge in [-0.25, -0.2) is 9.59 Å². The molecule has 5 nitrogen and oxygen atoms in total. The second-order valence-electron chi connectivity index (χ2n) is 5.90. The highest BCUT2D eigenvalue weighted by Crippen LogP contribution is 2.31. The van der Waals surface area contributed by atoms with Gasteiger partial charge in [-0.2, -0.15) is 0 Å². The van der Waals surface area contributed by atoms with Crippen LogP contribution in [0, 0.1) is 5.92 Å². The quantitative estimate of drug-likeness (QED) is 0.631. The van der Waals surface area contributed by atoms with Crippen LogP contribution in [-0.2, 0) is 30.4 Å². The number of hydrogen-bond donors (Lipinski definition) is 0. The molecule has 1 saturated carbocycles. The fourth-order valence-electron chi connectivity index (χ4n) is 2.93. The zero-order chi connectivity index (χ0) is 16.1. The lowest BCUT2D eigenvalue weighted by Crippen LogP contribution is -2.35. The maximum absolute atomic E-state index is 12.0. The Labute approximate surface area is 135 Å². The molecule has 1 heterocycles.